The predicted molar refractivity (Wildman–Crippen MR) is 131 cm³/mol. The van der Waals surface area contributed by atoms with E-state index in [2.05, 4.69) is 6.58 Å². The molecule has 4 rings (SSSR count). The van der Waals surface area contributed by atoms with Gasteiger partial charge in [0.2, 0.25) is 5.91 Å². The van der Waals surface area contributed by atoms with Gasteiger partial charge in [0.25, 0.3) is 5.91 Å². The van der Waals surface area contributed by atoms with Gasteiger partial charge in [-0.15, -0.1) is 6.58 Å². The van der Waals surface area contributed by atoms with Gasteiger partial charge in [-0.1, -0.05) is 50.1 Å². The summed E-state index contributed by atoms with van der Waals surface area (Å²) in [5.41, 5.74) is 0.0215. The zero-order valence-electron chi connectivity index (χ0n) is 20.3. The predicted octanol–water partition coefficient (Wildman–Crippen LogP) is 3.03. The summed E-state index contributed by atoms with van der Waals surface area (Å²) in [7, 11) is 0. The van der Waals surface area contributed by atoms with Crippen LogP contribution in [0.25, 0.3) is 0 Å². The molecule has 2 N–H and O–H groups in total. The van der Waals surface area contributed by atoms with Crippen molar-refractivity contribution in [3.05, 3.63) is 41.4 Å². The summed E-state index contributed by atoms with van der Waals surface area (Å²) in [6, 6.07) is 3.59. The molecule has 2 amide bonds. The number of carboxylic acid groups (broad SMARTS) is 1. The second-order valence-electron chi connectivity index (χ2n) is 9.92. The van der Waals surface area contributed by atoms with E-state index in [4.69, 9.17) is 16.3 Å². The van der Waals surface area contributed by atoms with Crippen molar-refractivity contribution in [2.45, 2.75) is 63.8 Å². The summed E-state index contributed by atoms with van der Waals surface area (Å²) in [6.45, 7) is 9.30. The lowest BCUT2D eigenvalue weighted by atomic mass is 9.70. The van der Waals surface area contributed by atoms with Crippen LogP contribution in [0.1, 0.15) is 38.7 Å². The lowest BCUT2D eigenvalue weighted by Gasteiger charge is -2.41. The maximum Gasteiger partial charge on any atom is 0.310 e. The van der Waals surface area contributed by atoms with E-state index in [0.29, 0.717) is 30.0 Å². The number of carboxylic acids is 1. The Bertz CT molecular complexity index is 1030. The number of likely N-dealkylation sites (tertiary alicyclic amines) is 1. The summed E-state index contributed by atoms with van der Waals surface area (Å²) >= 11 is 6.53. The monoisotopic (exact) mass is 504 g/mol. The fourth-order valence-electron chi connectivity index (χ4n) is 6.36. The third-order valence-electron chi connectivity index (χ3n) is 8.14. The molecule has 0 aromatic heterocycles. The van der Waals surface area contributed by atoms with Crippen LogP contribution in [0, 0.1) is 24.7 Å². The zero-order valence-corrected chi connectivity index (χ0v) is 21.1. The Balaban J connectivity index is 1.88. The van der Waals surface area contributed by atoms with Crippen LogP contribution in [-0.2, 0) is 19.1 Å². The number of aliphatic carboxylic acids is 1. The molecule has 9 heteroatoms. The van der Waals surface area contributed by atoms with Gasteiger partial charge in [0.1, 0.15) is 11.6 Å². The number of hydrogen-bond acceptors (Lipinski definition) is 5. The number of anilines is 1. The quantitative estimate of drug-likeness (QED) is 0.500. The molecule has 3 aliphatic rings. The van der Waals surface area contributed by atoms with Gasteiger partial charge in [-0.25, -0.2) is 0 Å². The molecule has 1 spiro atoms. The molecule has 3 aliphatic heterocycles. The lowest BCUT2D eigenvalue weighted by molar-refractivity contribution is -0.151. The van der Waals surface area contributed by atoms with E-state index in [1.54, 1.807) is 18.2 Å². The molecule has 2 unspecified atom stereocenters. The van der Waals surface area contributed by atoms with Crippen molar-refractivity contribution < 1.29 is 29.3 Å². The third-order valence-corrected chi connectivity index (χ3v) is 8.44. The molecule has 2 bridgehead atoms. The highest BCUT2D eigenvalue weighted by Crippen LogP contribution is 2.59. The van der Waals surface area contributed by atoms with E-state index in [9.17, 15) is 24.6 Å². The fraction of sp³-hybridized carbons (Fsp3) is 0.577. The number of ether oxygens (including phenoxy) is 1. The molecule has 7 atom stereocenters. The average Bonchev–Trinajstić information content (AvgIpc) is 3.46. The molecule has 1 aromatic rings. The van der Waals surface area contributed by atoms with Crippen LogP contribution in [-0.4, -0.2) is 69.8 Å². The van der Waals surface area contributed by atoms with Crippen molar-refractivity contribution in [1.29, 1.82) is 0 Å². The number of amides is 2. The molecule has 3 fully saturated rings. The van der Waals surface area contributed by atoms with Crippen molar-refractivity contribution in [3.8, 4) is 0 Å². The molecule has 1 aromatic carbocycles. The Labute approximate surface area is 210 Å². The minimum Gasteiger partial charge on any atom is -0.481 e. The third kappa shape index (κ3) is 3.77. The van der Waals surface area contributed by atoms with Crippen molar-refractivity contribution in [2.75, 3.05) is 18.1 Å². The van der Waals surface area contributed by atoms with E-state index in [0.717, 1.165) is 5.56 Å². The SMILES string of the molecule is C=CCN(C(=O)C1N([C@@H](CO)[C@@H](C)CC)C(=O)[C@@H]2[C@H](C(=O)O)[C@@H]3CCC12O3)c1c(C)cccc1Cl. The van der Waals surface area contributed by atoms with E-state index in [1.165, 1.54) is 9.80 Å². The summed E-state index contributed by atoms with van der Waals surface area (Å²) < 4.78 is 6.29. The van der Waals surface area contributed by atoms with Crippen LogP contribution in [0.15, 0.2) is 30.9 Å². The van der Waals surface area contributed by atoms with Gasteiger partial charge in [-0.2, -0.15) is 0 Å². The first kappa shape index (κ1) is 25.7. The average molecular weight is 505 g/mol. The lowest BCUT2D eigenvalue weighted by Crippen LogP contribution is -2.60. The van der Waals surface area contributed by atoms with Crippen molar-refractivity contribution in [3.63, 3.8) is 0 Å². The second-order valence-corrected chi connectivity index (χ2v) is 10.3. The van der Waals surface area contributed by atoms with Gasteiger partial charge >= 0.3 is 5.97 Å². The van der Waals surface area contributed by atoms with Crippen LogP contribution < -0.4 is 4.90 Å². The standard InChI is InChI=1S/C26H33ClN2O6/c1-5-12-28(21-15(4)8-7-9-16(21)27)24(32)22-26-11-10-18(35-26)19(25(33)34)20(26)23(31)29(22)17(13-30)14(3)6-2/h5,7-9,14,17-20,22,30H,1,6,10-13H2,2-4H3,(H,33,34)/t14-,17-,18-,19+,20-,22?,26?/m0/s1. The minimum absolute atomic E-state index is 0.121. The molecular weight excluding hydrogens is 472 g/mol. The Morgan fingerprint density at radius 2 is 2.14 bits per heavy atom. The highest BCUT2D eigenvalue weighted by molar-refractivity contribution is 6.34. The molecule has 8 nitrogen and oxygen atoms in total. The van der Waals surface area contributed by atoms with Crippen LogP contribution >= 0.6 is 11.6 Å². The number of aliphatic hydroxyl groups excluding tert-OH is 1. The van der Waals surface area contributed by atoms with Gasteiger partial charge in [0, 0.05) is 6.54 Å². The first-order valence-corrected chi connectivity index (χ1v) is 12.5. The first-order valence-electron chi connectivity index (χ1n) is 12.2. The largest absolute Gasteiger partial charge is 0.481 e. The molecule has 3 saturated heterocycles. The maximum absolute atomic E-state index is 14.4. The van der Waals surface area contributed by atoms with Crippen LogP contribution in [0.3, 0.4) is 0 Å². The molecule has 190 valence electrons. The van der Waals surface area contributed by atoms with E-state index < -0.39 is 53.4 Å². The van der Waals surface area contributed by atoms with Gasteiger partial charge < -0.3 is 24.7 Å². The van der Waals surface area contributed by atoms with Crippen LogP contribution in [0.4, 0.5) is 5.69 Å². The number of carbonyl (C=O) groups excluding carboxylic acids is 2. The van der Waals surface area contributed by atoms with Crippen molar-refractivity contribution in [1.82, 2.24) is 4.90 Å². The number of aryl methyl sites for hydroxylation is 1. The topological polar surface area (TPSA) is 107 Å². The van der Waals surface area contributed by atoms with Crippen LogP contribution in [0.2, 0.25) is 5.02 Å². The molecule has 0 radical (unpaired) electrons. The minimum atomic E-state index is -1.27. The Morgan fingerprint density at radius 3 is 2.71 bits per heavy atom. The number of halogens is 1. The molecule has 0 saturated carbocycles. The number of para-hydroxylation sites is 1. The van der Waals surface area contributed by atoms with Gasteiger partial charge in [0.05, 0.1) is 41.3 Å². The zero-order chi connectivity index (χ0) is 25.7. The summed E-state index contributed by atoms with van der Waals surface area (Å²) in [4.78, 5) is 43.5. The Hall–Kier alpha value is -2.42. The van der Waals surface area contributed by atoms with Crippen molar-refractivity contribution in [2.24, 2.45) is 17.8 Å². The van der Waals surface area contributed by atoms with Gasteiger partial charge in [-0.05, 0) is 37.3 Å². The number of carbonyl (C=O) groups is 3. The fourth-order valence-corrected chi connectivity index (χ4v) is 6.68. The Kier molecular flexibility index (Phi) is 7.01. The van der Waals surface area contributed by atoms with E-state index in [-0.39, 0.29) is 19.1 Å². The van der Waals surface area contributed by atoms with Gasteiger partial charge in [-0.3, -0.25) is 14.4 Å². The molecular formula is C26H33ClN2O6. The highest BCUT2D eigenvalue weighted by atomic mass is 35.5. The molecule has 35 heavy (non-hydrogen) atoms. The molecule has 0 aliphatic carbocycles. The number of fused-ring (bicyclic) bond motifs is 1. The maximum atomic E-state index is 14.4. The number of hydrogen-bond donors (Lipinski definition) is 2. The Morgan fingerprint density at radius 1 is 1.43 bits per heavy atom. The molecule has 3 heterocycles. The smallest absolute Gasteiger partial charge is 0.310 e. The number of aliphatic hydroxyl groups is 1. The number of rotatable bonds is 9. The summed E-state index contributed by atoms with van der Waals surface area (Å²) in [5.74, 6) is -4.08. The normalized spacial score (nSPS) is 30.8. The number of benzene rings is 1. The van der Waals surface area contributed by atoms with Gasteiger partial charge in [0.15, 0.2) is 0 Å². The first-order chi connectivity index (χ1) is 16.6. The van der Waals surface area contributed by atoms with E-state index in [1.807, 2.05) is 26.8 Å². The summed E-state index contributed by atoms with van der Waals surface area (Å²) in [5, 5.41) is 20.7. The van der Waals surface area contributed by atoms with Crippen LogP contribution in [0.5, 0.6) is 0 Å². The highest BCUT2D eigenvalue weighted by Gasteiger charge is 2.75. The second kappa shape index (κ2) is 9.56. The van der Waals surface area contributed by atoms with Crippen molar-refractivity contribution >= 4 is 35.1 Å². The summed E-state index contributed by atoms with van der Waals surface area (Å²) in [6.07, 6.45) is 2.48. The number of nitrogens with zero attached hydrogens (tertiary/aromatic N) is 2. The van der Waals surface area contributed by atoms with E-state index >= 15 is 0 Å².